The Bertz CT molecular complexity index is 203. The van der Waals surface area contributed by atoms with Crippen molar-refractivity contribution in [2.24, 2.45) is 5.41 Å². The molecule has 3 nitrogen and oxygen atoms in total. The van der Waals surface area contributed by atoms with E-state index in [0.29, 0.717) is 6.54 Å². The molecular formula is C10H19NO2. The van der Waals surface area contributed by atoms with Crippen molar-refractivity contribution in [2.75, 3.05) is 13.1 Å². The van der Waals surface area contributed by atoms with Gasteiger partial charge in [-0.15, -0.1) is 0 Å². The molecule has 1 aliphatic rings. The van der Waals surface area contributed by atoms with Crippen LogP contribution in [-0.2, 0) is 4.79 Å². The summed E-state index contributed by atoms with van der Waals surface area (Å²) in [4.78, 5) is 13.6. The normalized spacial score (nSPS) is 31.1. The van der Waals surface area contributed by atoms with Gasteiger partial charge in [0.15, 0.2) is 0 Å². The maximum absolute atomic E-state index is 11.8. The Balaban J connectivity index is 2.60. The largest absolute Gasteiger partial charge is 0.392 e. The van der Waals surface area contributed by atoms with Gasteiger partial charge in [0.25, 0.3) is 0 Å². The fraction of sp³-hybridized carbons (Fsp3) is 0.900. The summed E-state index contributed by atoms with van der Waals surface area (Å²) in [5, 5.41) is 9.18. The topological polar surface area (TPSA) is 40.5 Å². The highest BCUT2D eigenvalue weighted by Crippen LogP contribution is 2.34. The third kappa shape index (κ3) is 2.02. The van der Waals surface area contributed by atoms with Crippen LogP contribution in [0.5, 0.6) is 0 Å². The van der Waals surface area contributed by atoms with Crippen LogP contribution in [-0.4, -0.2) is 35.1 Å². The Morgan fingerprint density at radius 3 is 2.69 bits per heavy atom. The van der Waals surface area contributed by atoms with Crippen LogP contribution in [0, 0.1) is 5.41 Å². The zero-order chi connectivity index (χ0) is 10.1. The smallest absolute Gasteiger partial charge is 0.228 e. The van der Waals surface area contributed by atoms with Crippen LogP contribution in [0.1, 0.15) is 33.6 Å². The minimum Gasteiger partial charge on any atom is -0.392 e. The van der Waals surface area contributed by atoms with Gasteiger partial charge in [0, 0.05) is 18.5 Å². The van der Waals surface area contributed by atoms with Crippen LogP contribution >= 0.6 is 0 Å². The van der Waals surface area contributed by atoms with Crippen molar-refractivity contribution in [3.8, 4) is 0 Å². The first-order valence-corrected chi connectivity index (χ1v) is 4.97. The molecule has 1 N–H and O–H groups in total. The Hall–Kier alpha value is -0.570. The second kappa shape index (κ2) is 3.66. The molecule has 0 aromatic heterocycles. The van der Waals surface area contributed by atoms with E-state index in [1.165, 1.54) is 0 Å². The van der Waals surface area contributed by atoms with Crippen LogP contribution in [0.3, 0.4) is 0 Å². The molecule has 1 saturated heterocycles. The molecule has 1 fully saturated rings. The van der Waals surface area contributed by atoms with E-state index in [0.717, 1.165) is 19.4 Å². The van der Waals surface area contributed by atoms with E-state index in [-0.39, 0.29) is 11.3 Å². The summed E-state index contributed by atoms with van der Waals surface area (Å²) in [6.07, 6.45) is 1.40. The molecule has 1 heterocycles. The van der Waals surface area contributed by atoms with E-state index in [1.807, 2.05) is 13.8 Å². The number of carbonyl (C=O) groups excluding carboxylic acids is 1. The van der Waals surface area contributed by atoms with Crippen LogP contribution < -0.4 is 0 Å². The highest BCUT2D eigenvalue weighted by molar-refractivity contribution is 5.84. The van der Waals surface area contributed by atoms with Gasteiger partial charge in [-0.1, -0.05) is 13.8 Å². The molecule has 0 bridgehead atoms. The monoisotopic (exact) mass is 185 g/mol. The highest BCUT2D eigenvalue weighted by Gasteiger charge is 2.41. The molecule has 0 aliphatic carbocycles. The number of β-amino-alcohol motifs (C(OH)–C–C–N with tert-alkyl or cyclic N) is 1. The van der Waals surface area contributed by atoms with Crippen molar-refractivity contribution in [1.82, 2.24) is 4.90 Å². The SMILES string of the molecule is CCC1(C)CCN(CC(C)O)C1=O. The molecule has 76 valence electrons. The Kier molecular flexibility index (Phi) is 2.96. The van der Waals surface area contributed by atoms with E-state index in [4.69, 9.17) is 0 Å². The number of carbonyl (C=O) groups is 1. The number of aliphatic hydroxyl groups is 1. The lowest BCUT2D eigenvalue weighted by atomic mass is 9.86. The van der Waals surface area contributed by atoms with E-state index in [2.05, 4.69) is 0 Å². The molecule has 0 spiro atoms. The number of aliphatic hydroxyl groups excluding tert-OH is 1. The van der Waals surface area contributed by atoms with Crippen LogP contribution in [0.15, 0.2) is 0 Å². The maximum atomic E-state index is 11.8. The molecule has 1 rings (SSSR count). The fourth-order valence-electron chi connectivity index (χ4n) is 1.79. The number of rotatable bonds is 3. The molecule has 13 heavy (non-hydrogen) atoms. The van der Waals surface area contributed by atoms with E-state index in [1.54, 1.807) is 11.8 Å². The summed E-state index contributed by atoms with van der Waals surface area (Å²) >= 11 is 0. The zero-order valence-electron chi connectivity index (χ0n) is 8.71. The number of hydrogen-bond acceptors (Lipinski definition) is 2. The zero-order valence-corrected chi connectivity index (χ0v) is 8.71. The minimum atomic E-state index is -0.414. The molecule has 3 heteroatoms. The summed E-state index contributed by atoms with van der Waals surface area (Å²) in [7, 11) is 0. The van der Waals surface area contributed by atoms with Crippen molar-refractivity contribution in [1.29, 1.82) is 0 Å². The third-order valence-corrected chi connectivity index (χ3v) is 3.00. The molecule has 1 amide bonds. The van der Waals surface area contributed by atoms with Gasteiger partial charge in [-0.3, -0.25) is 4.79 Å². The van der Waals surface area contributed by atoms with Crippen LogP contribution in [0.4, 0.5) is 0 Å². The van der Waals surface area contributed by atoms with Gasteiger partial charge in [-0.2, -0.15) is 0 Å². The van der Waals surface area contributed by atoms with E-state index in [9.17, 15) is 9.90 Å². The predicted molar refractivity (Wildman–Crippen MR) is 51.3 cm³/mol. The fourth-order valence-corrected chi connectivity index (χ4v) is 1.79. The number of likely N-dealkylation sites (tertiary alicyclic amines) is 1. The number of amides is 1. The first-order chi connectivity index (χ1) is 5.99. The van der Waals surface area contributed by atoms with E-state index >= 15 is 0 Å². The molecule has 2 atom stereocenters. The summed E-state index contributed by atoms with van der Waals surface area (Å²) in [5.74, 6) is 0.205. The lowest BCUT2D eigenvalue weighted by Crippen LogP contribution is -2.36. The average molecular weight is 185 g/mol. The summed E-state index contributed by atoms with van der Waals surface area (Å²) < 4.78 is 0. The van der Waals surface area contributed by atoms with Gasteiger partial charge in [0.2, 0.25) is 5.91 Å². The maximum Gasteiger partial charge on any atom is 0.228 e. The van der Waals surface area contributed by atoms with Gasteiger partial charge in [-0.05, 0) is 19.8 Å². The van der Waals surface area contributed by atoms with Gasteiger partial charge in [0.1, 0.15) is 0 Å². The highest BCUT2D eigenvalue weighted by atomic mass is 16.3. The van der Waals surface area contributed by atoms with Gasteiger partial charge in [-0.25, -0.2) is 0 Å². The van der Waals surface area contributed by atoms with Crippen LogP contribution in [0.25, 0.3) is 0 Å². The van der Waals surface area contributed by atoms with Crippen molar-refractivity contribution in [3.05, 3.63) is 0 Å². The first kappa shape index (κ1) is 10.5. The van der Waals surface area contributed by atoms with Gasteiger partial charge >= 0.3 is 0 Å². The van der Waals surface area contributed by atoms with Gasteiger partial charge < -0.3 is 10.0 Å². The molecule has 2 unspecified atom stereocenters. The Labute approximate surface area is 79.7 Å². The summed E-state index contributed by atoms with van der Waals surface area (Å²) in [5.41, 5.74) is -0.172. The van der Waals surface area contributed by atoms with Crippen molar-refractivity contribution >= 4 is 5.91 Å². The minimum absolute atomic E-state index is 0.172. The lowest BCUT2D eigenvalue weighted by Gasteiger charge is -2.22. The Morgan fingerprint density at radius 1 is 1.69 bits per heavy atom. The molecule has 0 saturated carbocycles. The molecule has 1 aliphatic heterocycles. The van der Waals surface area contributed by atoms with Crippen molar-refractivity contribution < 1.29 is 9.90 Å². The molecular weight excluding hydrogens is 166 g/mol. The van der Waals surface area contributed by atoms with Gasteiger partial charge in [0.05, 0.1) is 6.10 Å². The Morgan fingerprint density at radius 2 is 2.31 bits per heavy atom. The second-order valence-electron chi connectivity index (χ2n) is 4.26. The third-order valence-electron chi connectivity index (χ3n) is 3.00. The number of nitrogens with zero attached hydrogens (tertiary/aromatic N) is 1. The molecule has 0 aromatic rings. The second-order valence-corrected chi connectivity index (χ2v) is 4.26. The lowest BCUT2D eigenvalue weighted by molar-refractivity contribution is -0.136. The summed E-state index contributed by atoms with van der Waals surface area (Å²) in [6, 6.07) is 0. The standard InChI is InChI=1S/C10H19NO2/c1-4-10(3)5-6-11(9(10)13)7-8(2)12/h8,12H,4-7H2,1-3H3. The molecule has 0 radical (unpaired) electrons. The number of hydrogen-bond donors (Lipinski definition) is 1. The quantitative estimate of drug-likeness (QED) is 0.713. The average Bonchev–Trinajstić information content (AvgIpc) is 2.33. The van der Waals surface area contributed by atoms with Crippen LogP contribution in [0.2, 0.25) is 0 Å². The van der Waals surface area contributed by atoms with E-state index < -0.39 is 6.10 Å². The first-order valence-electron chi connectivity index (χ1n) is 4.97. The molecule has 0 aromatic carbocycles. The predicted octanol–water partition coefficient (Wildman–Crippen LogP) is 1.02. The van der Waals surface area contributed by atoms with Crippen molar-refractivity contribution in [2.45, 2.75) is 39.7 Å². The van der Waals surface area contributed by atoms with Crippen molar-refractivity contribution in [3.63, 3.8) is 0 Å². The summed E-state index contributed by atoms with van der Waals surface area (Å²) in [6.45, 7) is 7.05.